The van der Waals surface area contributed by atoms with Crippen molar-refractivity contribution in [1.29, 1.82) is 0 Å². The highest BCUT2D eigenvalue weighted by molar-refractivity contribution is 5.79. The van der Waals surface area contributed by atoms with E-state index < -0.39 is 0 Å². The van der Waals surface area contributed by atoms with Crippen LogP contribution in [0.1, 0.15) is 26.2 Å². The molecule has 0 aromatic rings. The number of carbonyl (C=O) groups is 1. The third kappa shape index (κ3) is 3.46. The molecule has 0 radical (unpaired) electrons. The Bertz CT molecular complexity index is 220. The zero-order chi connectivity index (χ0) is 12.0. The van der Waals surface area contributed by atoms with Gasteiger partial charge in [0.1, 0.15) is 0 Å². The summed E-state index contributed by atoms with van der Waals surface area (Å²) < 4.78 is 4.98. The van der Waals surface area contributed by atoms with E-state index in [2.05, 4.69) is 6.92 Å². The summed E-state index contributed by atoms with van der Waals surface area (Å²) in [6, 6.07) is 0. The third-order valence-electron chi connectivity index (χ3n) is 3.43. The van der Waals surface area contributed by atoms with Crippen molar-refractivity contribution in [3.63, 3.8) is 0 Å². The maximum Gasteiger partial charge on any atom is 0.226 e. The first kappa shape index (κ1) is 13.5. The minimum Gasteiger partial charge on any atom is -0.395 e. The van der Waals surface area contributed by atoms with Crippen LogP contribution in [-0.2, 0) is 9.53 Å². The summed E-state index contributed by atoms with van der Waals surface area (Å²) in [7, 11) is 1.62. The molecule has 2 unspecified atom stereocenters. The number of nitrogens with zero attached hydrogens (tertiary/aromatic N) is 1. The molecular formula is C12H23NO3. The van der Waals surface area contributed by atoms with E-state index in [0.717, 1.165) is 19.3 Å². The van der Waals surface area contributed by atoms with E-state index in [0.29, 0.717) is 25.6 Å². The van der Waals surface area contributed by atoms with Crippen LogP contribution in [0.25, 0.3) is 0 Å². The van der Waals surface area contributed by atoms with Crippen molar-refractivity contribution in [1.82, 2.24) is 4.90 Å². The third-order valence-corrected chi connectivity index (χ3v) is 3.43. The standard InChI is InChI=1S/C12H23NO3/c1-10-4-3-5-11(10)12(15)13(6-8-14)7-9-16-2/h10-11,14H,3-9H2,1-2H3. The fraction of sp³-hybridized carbons (Fsp3) is 0.917. The van der Waals surface area contributed by atoms with Gasteiger partial charge in [0.2, 0.25) is 5.91 Å². The van der Waals surface area contributed by atoms with Crippen molar-refractivity contribution in [2.75, 3.05) is 33.4 Å². The Morgan fingerprint density at radius 3 is 2.69 bits per heavy atom. The van der Waals surface area contributed by atoms with Gasteiger partial charge in [0.15, 0.2) is 0 Å². The SMILES string of the molecule is COCCN(CCO)C(=O)C1CCCC1C. The molecule has 1 rings (SSSR count). The summed E-state index contributed by atoms with van der Waals surface area (Å²) in [5.74, 6) is 0.829. The van der Waals surface area contributed by atoms with Gasteiger partial charge in [0, 0.05) is 26.1 Å². The fourth-order valence-corrected chi connectivity index (χ4v) is 2.40. The Kier molecular flexibility index (Phi) is 5.77. The molecule has 1 aliphatic carbocycles. The van der Waals surface area contributed by atoms with Crippen molar-refractivity contribution in [2.24, 2.45) is 11.8 Å². The van der Waals surface area contributed by atoms with Gasteiger partial charge in [0.25, 0.3) is 0 Å². The highest BCUT2D eigenvalue weighted by Gasteiger charge is 2.32. The van der Waals surface area contributed by atoms with Crippen LogP contribution in [0.15, 0.2) is 0 Å². The van der Waals surface area contributed by atoms with Gasteiger partial charge in [0.05, 0.1) is 13.2 Å². The maximum atomic E-state index is 12.2. The summed E-state index contributed by atoms with van der Waals surface area (Å²) in [6.45, 7) is 3.71. The molecule has 1 saturated carbocycles. The molecule has 4 nitrogen and oxygen atoms in total. The Hall–Kier alpha value is -0.610. The smallest absolute Gasteiger partial charge is 0.226 e. The second kappa shape index (κ2) is 6.86. The molecule has 1 amide bonds. The van der Waals surface area contributed by atoms with E-state index in [4.69, 9.17) is 9.84 Å². The Labute approximate surface area is 97.6 Å². The van der Waals surface area contributed by atoms with Crippen molar-refractivity contribution in [2.45, 2.75) is 26.2 Å². The van der Waals surface area contributed by atoms with Crippen LogP contribution in [0.5, 0.6) is 0 Å². The lowest BCUT2D eigenvalue weighted by molar-refractivity contribution is -0.137. The second-order valence-corrected chi connectivity index (χ2v) is 4.56. The Balaban J connectivity index is 2.51. The van der Waals surface area contributed by atoms with E-state index >= 15 is 0 Å². The highest BCUT2D eigenvalue weighted by atomic mass is 16.5. The van der Waals surface area contributed by atoms with E-state index in [1.807, 2.05) is 0 Å². The molecular weight excluding hydrogens is 206 g/mol. The van der Waals surface area contributed by atoms with Gasteiger partial charge in [-0.25, -0.2) is 0 Å². The number of hydrogen-bond acceptors (Lipinski definition) is 3. The molecule has 0 aliphatic heterocycles. The molecule has 0 bridgehead atoms. The van der Waals surface area contributed by atoms with Gasteiger partial charge in [-0.05, 0) is 18.8 Å². The molecule has 1 aliphatic rings. The van der Waals surface area contributed by atoms with Gasteiger partial charge in [-0.1, -0.05) is 13.3 Å². The first-order valence-electron chi connectivity index (χ1n) is 6.09. The molecule has 16 heavy (non-hydrogen) atoms. The zero-order valence-electron chi connectivity index (χ0n) is 10.3. The van der Waals surface area contributed by atoms with Crippen LogP contribution in [0, 0.1) is 11.8 Å². The minimum atomic E-state index is 0.0244. The van der Waals surface area contributed by atoms with E-state index in [1.54, 1.807) is 12.0 Å². The van der Waals surface area contributed by atoms with Crippen molar-refractivity contribution in [3.05, 3.63) is 0 Å². The topological polar surface area (TPSA) is 49.8 Å². The molecule has 1 fully saturated rings. The minimum absolute atomic E-state index is 0.0244. The fourth-order valence-electron chi connectivity index (χ4n) is 2.40. The molecule has 2 atom stereocenters. The van der Waals surface area contributed by atoms with Gasteiger partial charge in [-0.15, -0.1) is 0 Å². The predicted octanol–water partition coefficient (Wildman–Crippen LogP) is 0.890. The first-order valence-corrected chi connectivity index (χ1v) is 6.09. The molecule has 4 heteroatoms. The van der Waals surface area contributed by atoms with Gasteiger partial charge in [-0.3, -0.25) is 4.79 Å². The van der Waals surface area contributed by atoms with E-state index in [9.17, 15) is 4.79 Å². The molecule has 0 heterocycles. The van der Waals surface area contributed by atoms with Crippen LogP contribution in [0.2, 0.25) is 0 Å². The van der Waals surface area contributed by atoms with Crippen molar-refractivity contribution < 1.29 is 14.6 Å². The summed E-state index contributed by atoms with van der Waals surface area (Å²) in [5.41, 5.74) is 0. The maximum absolute atomic E-state index is 12.2. The van der Waals surface area contributed by atoms with Gasteiger partial charge >= 0.3 is 0 Å². The number of aliphatic hydroxyl groups excluding tert-OH is 1. The molecule has 0 spiro atoms. The Morgan fingerprint density at radius 2 is 2.19 bits per heavy atom. The lowest BCUT2D eigenvalue weighted by Gasteiger charge is -2.26. The summed E-state index contributed by atoms with van der Waals surface area (Å²) in [6.07, 6.45) is 3.29. The lowest BCUT2D eigenvalue weighted by Crippen LogP contribution is -2.40. The summed E-state index contributed by atoms with van der Waals surface area (Å²) in [4.78, 5) is 13.9. The predicted molar refractivity (Wildman–Crippen MR) is 62.0 cm³/mol. The van der Waals surface area contributed by atoms with Crippen LogP contribution in [-0.4, -0.2) is 49.3 Å². The quantitative estimate of drug-likeness (QED) is 0.736. The summed E-state index contributed by atoms with van der Waals surface area (Å²) >= 11 is 0. The number of aliphatic hydroxyl groups is 1. The lowest BCUT2D eigenvalue weighted by atomic mass is 9.96. The van der Waals surface area contributed by atoms with Crippen molar-refractivity contribution in [3.8, 4) is 0 Å². The van der Waals surface area contributed by atoms with Crippen LogP contribution >= 0.6 is 0 Å². The number of rotatable bonds is 6. The summed E-state index contributed by atoms with van der Waals surface area (Å²) in [5, 5.41) is 8.96. The zero-order valence-corrected chi connectivity index (χ0v) is 10.3. The van der Waals surface area contributed by atoms with E-state index in [1.165, 1.54) is 0 Å². The average Bonchev–Trinajstić information content (AvgIpc) is 2.69. The van der Waals surface area contributed by atoms with Crippen molar-refractivity contribution >= 4 is 5.91 Å². The normalized spacial score (nSPS) is 24.7. The number of hydrogen-bond donors (Lipinski definition) is 1. The van der Waals surface area contributed by atoms with Crippen LogP contribution < -0.4 is 0 Å². The van der Waals surface area contributed by atoms with Crippen LogP contribution in [0.4, 0.5) is 0 Å². The molecule has 0 aromatic heterocycles. The Morgan fingerprint density at radius 1 is 1.44 bits per heavy atom. The molecule has 94 valence electrons. The van der Waals surface area contributed by atoms with Crippen LogP contribution in [0.3, 0.4) is 0 Å². The second-order valence-electron chi connectivity index (χ2n) is 4.56. The number of carbonyl (C=O) groups excluding carboxylic acids is 1. The first-order chi connectivity index (χ1) is 7.70. The van der Waals surface area contributed by atoms with Gasteiger partial charge < -0.3 is 14.7 Å². The monoisotopic (exact) mass is 229 g/mol. The number of ether oxygens (including phenoxy) is 1. The molecule has 0 saturated heterocycles. The largest absolute Gasteiger partial charge is 0.395 e. The molecule has 0 aromatic carbocycles. The number of amides is 1. The number of methoxy groups -OCH3 is 1. The van der Waals surface area contributed by atoms with Gasteiger partial charge in [-0.2, -0.15) is 0 Å². The highest BCUT2D eigenvalue weighted by Crippen LogP contribution is 2.32. The molecule has 1 N–H and O–H groups in total. The van der Waals surface area contributed by atoms with E-state index in [-0.39, 0.29) is 18.4 Å². The average molecular weight is 229 g/mol.